The first-order chi connectivity index (χ1) is 10.6. The van der Waals surface area contributed by atoms with E-state index in [1.807, 2.05) is 37.1 Å². The summed E-state index contributed by atoms with van der Waals surface area (Å²) in [5.41, 5.74) is 2.35. The summed E-state index contributed by atoms with van der Waals surface area (Å²) in [6.07, 6.45) is 0.982. The van der Waals surface area contributed by atoms with E-state index in [0.29, 0.717) is 18.7 Å². The Bertz CT molecular complexity index is 596. The Morgan fingerprint density at radius 1 is 1.36 bits per heavy atom. The van der Waals surface area contributed by atoms with E-state index in [1.54, 1.807) is 4.90 Å². The van der Waals surface area contributed by atoms with Crippen molar-refractivity contribution < 1.29 is 9.59 Å². The van der Waals surface area contributed by atoms with Gasteiger partial charge >= 0.3 is 6.03 Å². The molecule has 2 fully saturated rings. The number of rotatable bonds is 3. The maximum atomic E-state index is 12.8. The fourth-order valence-electron chi connectivity index (χ4n) is 3.17. The van der Waals surface area contributed by atoms with E-state index in [0.717, 1.165) is 30.8 Å². The second kappa shape index (κ2) is 5.96. The fraction of sp³-hybridized carbons (Fsp3) is 0.500. The second-order valence-corrected chi connectivity index (χ2v) is 5.90. The van der Waals surface area contributed by atoms with E-state index in [2.05, 4.69) is 10.6 Å². The lowest BCUT2D eigenvalue weighted by Crippen LogP contribution is -2.39. The van der Waals surface area contributed by atoms with Crippen LogP contribution in [0.1, 0.15) is 22.3 Å². The first-order valence-corrected chi connectivity index (χ1v) is 7.72. The Hall–Kier alpha value is -2.08. The average molecular weight is 302 g/mol. The van der Waals surface area contributed by atoms with Crippen LogP contribution < -0.4 is 15.5 Å². The zero-order chi connectivity index (χ0) is 15.7. The average Bonchev–Trinajstić information content (AvgIpc) is 3.18. The van der Waals surface area contributed by atoms with Crippen LogP contribution >= 0.6 is 0 Å². The topological polar surface area (TPSA) is 64.7 Å². The van der Waals surface area contributed by atoms with Crippen molar-refractivity contribution in [3.8, 4) is 0 Å². The molecule has 1 unspecified atom stereocenters. The molecule has 22 heavy (non-hydrogen) atoms. The monoisotopic (exact) mass is 302 g/mol. The molecule has 118 valence electrons. The van der Waals surface area contributed by atoms with E-state index in [4.69, 9.17) is 0 Å². The van der Waals surface area contributed by atoms with Crippen LogP contribution in [0.3, 0.4) is 0 Å². The minimum atomic E-state index is -0.0963. The summed E-state index contributed by atoms with van der Waals surface area (Å²) in [7, 11) is 1.86. The van der Waals surface area contributed by atoms with E-state index >= 15 is 0 Å². The van der Waals surface area contributed by atoms with Gasteiger partial charge in [-0.1, -0.05) is 6.07 Å². The molecule has 3 amide bonds. The van der Waals surface area contributed by atoms with Gasteiger partial charge in [0.15, 0.2) is 0 Å². The molecule has 2 aliphatic heterocycles. The highest BCUT2D eigenvalue weighted by atomic mass is 16.2. The Morgan fingerprint density at radius 2 is 2.18 bits per heavy atom. The van der Waals surface area contributed by atoms with Crippen molar-refractivity contribution in [2.75, 3.05) is 38.1 Å². The largest absolute Gasteiger partial charge is 0.337 e. The Labute approximate surface area is 130 Å². The van der Waals surface area contributed by atoms with Gasteiger partial charge in [0.1, 0.15) is 0 Å². The number of nitrogens with zero attached hydrogens (tertiary/aromatic N) is 2. The third kappa shape index (κ3) is 2.54. The van der Waals surface area contributed by atoms with Crippen molar-refractivity contribution in [1.82, 2.24) is 15.5 Å². The molecular weight excluding hydrogens is 280 g/mol. The van der Waals surface area contributed by atoms with Crippen molar-refractivity contribution >= 4 is 17.6 Å². The van der Waals surface area contributed by atoms with Gasteiger partial charge in [0.25, 0.3) is 5.91 Å². The maximum absolute atomic E-state index is 12.8. The van der Waals surface area contributed by atoms with Gasteiger partial charge in [-0.05, 0) is 37.6 Å². The minimum Gasteiger partial charge on any atom is -0.337 e. The predicted molar refractivity (Wildman–Crippen MR) is 85.3 cm³/mol. The number of hydrogen-bond donors (Lipinski definition) is 2. The minimum absolute atomic E-state index is 0.0210. The van der Waals surface area contributed by atoms with E-state index in [1.165, 1.54) is 0 Å². The summed E-state index contributed by atoms with van der Waals surface area (Å²) < 4.78 is 0. The number of anilines is 1. The van der Waals surface area contributed by atoms with Crippen LogP contribution in [0.4, 0.5) is 10.5 Å². The highest BCUT2D eigenvalue weighted by molar-refractivity contribution is 6.00. The molecule has 1 aromatic carbocycles. The highest BCUT2D eigenvalue weighted by Crippen LogP contribution is 2.26. The molecule has 0 bridgehead atoms. The zero-order valence-corrected chi connectivity index (χ0v) is 13.1. The molecule has 2 saturated heterocycles. The summed E-state index contributed by atoms with van der Waals surface area (Å²) in [5, 5.41) is 6.08. The van der Waals surface area contributed by atoms with Gasteiger partial charge < -0.3 is 15.5 Å². The Morgan fingerprint density at radius 3 is 2.82 bits per heavy atom. The van der Waals surface area contributed by atoms with Crippen LogP contribution in [0.25, 0.3) is 0 Å². The number of nitrogens with one attached hydrogen (secondary N) is 2. The third-order valence-electron chi connectivity index (χ3n) is 4.59. The van der Waals surface area contributed by atoms with Gasteiger partial charge in [-0.15, -0.1) is 0 Å². The molecule has 0 radical (unpaired) electrons. The number of carbonyl (C=O) groups is 2. The van der Waals surface area contributed by atoms with Gasteiger partial charge in [0.05, 0.1) is 0 Å². The summed E-state index contributed by atoms with van der Waals surface area (Å²) >= 11 is 0. The van der Waals surface area contributed by atoms with Crippen LogP contribution in [0.5, 0.6) is 0 Å². The summed E-state index contributed by atoms with van der Waals surface area (Å²) in [6, 6.07) is 5.73. The van der Waals surface area contributed by atoms with Gasteiger partial charge in [-0.2, -0.15) is 0 Å². The lowest BCUT2D eigenvalue weighted by atomic mass is 10.0. The Kier molecular flexibility index (Phi) is 4.02. The number of urea groups is 1. The molecule has 2 heterocycles. The first kappa shape index (κ1) is 14.8. The van der Waals surface area contributed by atoms with Crippen molar-refractivity contribution in [2.24, 2.45) is 0 Å². The molecule has 0 aromatic heterocycles. The SMILES string of the molecule is Cc1c(C(=O)N(C)C2CCNC2)cccc1N1CCNC1=O. The fourth-order valence-corrected chi connectivity index (χ4v) is 3.17. The van der Waals surface area contributed by atoms with Gasteiger partial charge in [0.2, 0.25) is 0 Å². The number of hydrogen-bond acceptors (Lipinski definition) is 3. The smallest absolute Gasteiger partial charge is 0.322 e. The van der Waals surface area contributed by atoms with Gasteiger partial charge in [0, 0.05) is 44.0 Å². The zero-order valence-electron chi connectivity index (χ0n) is 13.1. The second-order valence-electron chi connectivity index (χ2n) is 5.90. The number of carbonyl (C=O) groups excluding carboxylic acids is 2. The highest BCUT2D eigenvalue weighted by Gasteiger charge is 2.28. The van der Waals surface area contributed by atoms with Crippen molar-refractivity contribution in [2.45, 2.75) is 19.4 Å². The van der Waals surface area contributed by atoms with Crippen LogP contribution in [-0.4, -0.2) is 56.1 Å². The molecule has 6 nitrogen and oxygen atoms in total. The quantitative estimate of drug-likeness (QED) is 0.874. The number of benzene rings is 1. The molecule has 0 aliphatic carbocycles. The predicted octanol–water partition coefficient (Wildman–Crippen LogP) is 0.959. The standard InChI is InChI=1S/C16H22N4O2/c1-11-13(15(21)19(2)12-6-7-17-10-12)4-3-5-14(11)20-9-8-18-16(20)22/h3-5,12,17H,6-10H2,1-2H3,(H,18,22). The summed E-state index contributed by atoms with van der Waals surface area (Å²) in [5.74, 6) is 0.0210. The summed E-state index contributed by atoms with van der Waals surface area (Å²) in [6.45, 7) is 4.99. The molecule has 0 saturated carbocycles. The van der Waals surface area contributed by atoms with E-state index in [9.17, 15) is 9.59 Å². The molecule has 2 aliphatic rings. The van der Waals surface area contributed by atoms with Gasteiger partial charge in [-0.3, -0.25) is 9.69 Å². The van der Waals surface area contributed by atoms with Crippen molar-refractivity contribution in [3.63, 3.8) is 0 Å². The molecule has 6 heteroatoms. The molecule has 1 atom stereocenters. The van der Waals surface area contributed by atoms with E-state index in [-0.39, 0.29) is 18.0 Å². The van der Waals surface area contributed by atoms with Gasteiger partial charge in [-0.25, -0.2) is 4.79 Å². The van der Waals surface area contributed by atoms with Crippen molar-refractivity contribution in [3.05, 3.63) is 29.3 Å². The number of amides is 3. The number of likely N-dealkylation sites (N-methyl/N-ethyl adjacent to an activating group) is 1. The molecular formula is C16H22N4O2. The lowest BCUT2D eigenvalue weighted by Gasteiger charge is -2.26. The van der Waals surface area contributed by atoms with Crippen molar-refractivity contribution in [1.29, 1.82) is 0 Å². The first-order valence-electron chi connectivity index (χ1n) is 7.72. The molecule has 2 N–H and O–H groups in total. The maximum Gasteiger partial charge on any atom is 0.322 e. The van der Waals surface area contributed by atoms with Crippen LogP contribution in [0.2, 0.25) is 0 Å². The van der Waals surface area contributed by atoms with Crippen LogP contribution in [-0.2, 0) is 0 Å². The van der Waals surface area contributed by atoms with Crippen LogP contribution in [0, 0.1) is 6.92 Å². The third-order valence-corrected chi connectivity index (χ3v) is 4.59. The normalized spacial score (nSPS) is 21.1. The van der Waals surface area contributed by atoms with E-state index < -0.39 is 0 Å². The lowest BCUT2D eigenvalue weighted by molar-refractivity contribution is 0.0743. The molecule has 1 aromatic rings. The Balaban J connectivity index is 1.87. The molecule has 3 rings (SSSR count). The van der Waals surface area contributed by atoms with Crippen LogP contribution in [0.15, 0.2) is 18.2 Å². The summed E-state index contributed by atoms with van der Waals surface area (Å²) in [4.78, 5) is 28.2. The molecule has 0 spiro atoms.